The van der Waals surface area contributed by atoms with Crippen LogP contribution in [0.3, 0.4) is 0 Å². The summed E-state index contributed by atoms with van der Waals surface area (Å²) in [4.78, 5) is 23.6. The van der Waals surface area contributed by atoms with E-state index in [1.807, 2.05) is 5.01 Å². The van der Waals surface area contributed by atoms with Crippen molar-refractivity contribution in [2.75, 3.05) is 31.3 Å². The van der Waals surface area contributed by atoms with Crippen LogP contribution >= 0.6 is 0 Å². The average Bonchev–Trinajstić information content (AvgIpc) is 3.06. The fourth-order valence-electron chi connectivity index (χ4n) is 3.84. The molecule has 11 heteroatoms. The lowest BCUT2D eigenvalue weighted by atomic mass is 10.1. The highest BCUT2D eigenvalue weighted by Crippen LogP contribution is 2.34. The number of ether oxygens (including phenoxy) is 2. The number of hydrogen-bond donors (Lipinski definition) is 2. The maximum atomic E-state index is 12.8. The largest absolute Gasteiger partial charge is 0.481 e. The molecule has 4 rings (SSSR count). The van der Waals surface area contributed by atoms with E-state index in [0.717, 1.165) is 12.1 Å². The highest BCUT2D eigenvalue weighted by Gasteiger charge is 2.30. The van der Waals surface area contributed by atoms with Crippen LogP contribution in [0.15, 0.2) is 42.5 Å². The van der Waals surface area contributed by atoms with E-state index in [1.54, 1.807) is 16.8 Å². The lowest BCUT2D eigenvalue weighted by Crippen LogP contribution is -2.45. The molecule has 0 saturated carbocycles. The first-order valence-electron chi connectivity index (χ1n) is 9.95. The molecular weight excluding hydrogens is 445 g/mol. The lowest BCUT2D eigenvalue weighted by Gasteiger charge is -2.32. The van der Waals surface area contributed by atoms with Crippen LogP contribution in [0.2, 0.25) is 0 Å². The van der Waals surface area contributed by atoms with Crippen molar-refractivity contribution in [3.8, 4) is 11.5 Å². The summed E-state index contributed by atoms with van der Waals surface area (Å²) in [5.74, 6) is -2.14. The van der Waals surface area contributed by atoms with Crippen molar-refractivity contribution in [3.63, 3.8) is 0 Å². The zero-order valence-electron chi connectivity index (χ0n) is 17.1. The number of carbonyl (C=O) groups is 2. The minimum absolute atomic E-state index is 0.110. The molecule has 33 heavy (non-hydrogen) atoms. The molecule has 0 atom stereocenters. The predicted octanol–water partition coefficient (Wildman–Crippen LogP) is 3.75. The molecule has 2 heterocycles. The second-order valence-electron chi connectivity index (χ2n) is 7.38. The molecule has 1 aliphatic heterocycles. The molecular formula is C22H19F3N2O6. The first-order chi connectivity index (χ1) is 15.6. The van der Waals surface area contributed by atoms with Gasteiger partial charge in [0.1, 0.15) is 11.5 Å². The van der Waals surface area contributed by atoms with E-state index in [-0.39, 0.29) is 28.1 Å². The molecule has 0 unspecified atom stereocenters. The lowest BCUT2D eigenvalue weighted by molar-refractivity contribution is -0.138. The quantitative estimate of drug-likeness (QED) is 0.573. The minimum Gasteiger partial charge on any atom is -0.481 e. The van der Waals surface area contributed by atoms with Crippen molar-refractivity contribution in [1.82, 2.24) is 4.68 Å². The molecule has 3 aromatic rings. The molecule has 0 bridgehead atoms. The first kappa shape index (κ1) is 22.5. The number of hydrogen-bond acceptors (Lipinski definition) is 5. The predicted molar refractivity (Wildman–Crippen MR) is 111 cm³/mol. The Balaban J connectivity index is 1.78. The SMILES string of the molecule is O=C(O)Cc1c(C(=O)O)c2cc(Oc3ccc(C(F)(F)F)cc3)ccc2n1N1CCOCC1. The fourth-order valence-corrected chi connectivity index (χ4v) is 3.84. The fraction of sp³-hybridized carbons (Fsp3) is 0.273. The summed E-state index contributed by atoms with van der Waals surface area (Å²) < 4.78 is 50.9. The number of fused-ring (bicyclic) bond motifs is 1. The number of carboxylic acid groups (broad SMARTS) is 2. The van der Waals surface area contributed by atoms with Crippen LogP contribution in [0.25, 0.3) is 10.9 Å². The third kappa shape index (κ3) is 4.58. The molecule has 0 radical (unpaired) electrons. The van der Waals surface area contributed by atoms with Gasteiger partial charge in [-0.25, -0.2) is 4.79 Å². The van der Waals surface area contributed by atoms with Crippen LogP contribution in [0.4, 0.5) is 13.2 Å². The van der Waals surface area contributed by atoms with Gasteiger partial charge in [0.15, 0.2) is 0 Å². The van der Waals surface area contributed by atoms with Gasteiger partial charge < -0.3 is 24.7 Å². The third-order valence-electron chi connectivity index (χ3n) is 5.23. The summed E-state index contributed by atoms with van der Waals surface area (Å²) in [5, 5.41) is 21.4. The number of aromatic nitrogens is 1. The average molecular weight is 464 g/mol. The van der Waals surface area contributed by atoms with Gasteiger partial charge in [0.25, 0.3) is 0 Å². The van der Waals surface area contributed by atoms with Gasteiger partial charge in [-0.2, -0.15) is 13.2 Å². The number of aliphatic carboxylic acids is 1. The molecule has 0 spiro atoms. The molecule has 2 aromatic carbocycles. The van der Waals surface area contributed by atoms with Gasteiger partial charge in [-0.05, 0) is 42.5 Å². The molecule has 2 N–H and O–H groups in total. The van der Waals surface area contributed by atoms with Gasteiger partial charge in [-0.15, -0.1) is 0 Å². The number of aromatic carboxylic acids is 1. The Morgan fingerprint density at radius 1 is 1.00 bits per heavy atom. The summed E-state index contributed by atoms with van der Waals surface area (Å²) in [6.45, 7) is 1.70. The zero-order chi connectivity index (χ0) is 23.8. The molecule has 8 nitrogen and oxygen atoms in total. The molecule has 1 aliphatic rings. The highest BCUT2D eigenvalue weighted by molar-refractivity contribution is 6.06. The van der Waals surface area contributed by atoms with E-state index in [9.17, 15) is 33.0 Å². The summed E-state index contributed by atoms with van der Waals surface area (Å²) in [7, 11) is 0. The van der Waals surface area contributed by atoms with E-state index < -0.39 is 30.1 Å². The Hall–Kier alpha value is -3.73. The van der Waals surface area contributed by atoms with Gasteiger partial charge in [0.2, 0.25) is 0 Å². The second-order valence-corrected chi connectivity index (χ2v) is 7.38. The van der Waals surface area contributed by atoms with Crippen LogP contribution < -0.4 is 9.75 Å². The van der Waals surface area contributed by atoms with E-state index in [4.69, 9.17) is 9.47 Å². The van der Waals surface area contributed by atoms with E-state index in [2.05, 4.69) is 0 Å². The Morgan fingerprint density at radius 2 is 1.64 bits per heavy atom. The van der Waals surface area contributed by atoms with E-state index in [1.165, 1.54) is 18.2 Å². The number of nitrogens with zero attached hydrogens (tertiary/aromatic N) is 2. The van der Waals surface area contributed by atoms with Crippen molar-refractivity contribution in [2.45, 2.75) is 12.6 Å². The van der Waals surface area contributed by atoms with Crippen LogP contribution in [-0.2, 0) is 22.1 Å². The second kappa shape index (κ2) is 8.66. The third-order valence-corrected chi connectivity index (χ3v) is 5.23. The maximum absolute atomic E-state index is 12.8. The van der Waals surface area contributed by atoms with Crippen molar-refractivity contribution in [2.24, 2.45) is 0 Å². The van der Waals surface area contributed by atoms with Crippen molar-refractivity contribution >= 4 is 22.8 Å². The smallest absolute Gasteiger partial charge is 0.416 e. The molecule has 174 valence electrons. The minimum atomic E-state index is -4.48. The Labute approximate surface area is 185 Å². The maximum Gasteiger partial charge on any atom is 0.416 e. The van der Waals surface area contributed by atoms with Gasteiger partial charge in [-0.1, -0.05) is 0 Å². The summed E-state index contributed by atoms with van der Waals surface area (Å²) in [6, 6.07) is 8.69. The molecule has 1 saturated heterocycles. The normalized spacial score (nSPS) is 14.5. The highest BCUT2D eigenvalue weighted by atomic mass is 19.4. The van der Waals surface area contributed by atoms with Crippen LogP contribution in [-0.4, -0.2) is 53.1 Å². The monoisotopic (exact) mass is 464 g/mol. The number of rotatable bonds is 6. The van der Waals surface area contributed by atoms with Gasteiger partial charge in [-0.3, -0.25) is 9.47 Å². The Bertz CT molecular complexity index is 1200. The van der Waals surface area contributed by atoms with Crippen molar-refractivity contribution < 1.29 is 42.4 Å². The van der Waals surface area contributed by atoms with Crippen LogP contribution in [0.1, 0.15) is 21.6 Å². The van der Waals surface area contributed by atoms with Crippen molar-refractivity contribution in [3.05, 3.63) is 59.3 Å². The molecule has 1 aromatic heterocycles. The van der Waals surface area contributed by atoms with E-state index >= 15 is 0 Å². The van der Waals surface area contributed by atoms with Gasteiger partial charge in [0.05, 0.1) is 55.1 Å². The Kier molecular flexibility index (Phi) is 5.90. The number of carboxylic acids is 2. The number of alkyl halides is 3. The molecule has 1 fully saturated rings. The standard InChI is InChI=1S/C22H19F3N2O6/c23-22(24,25)13-1-3-14(4-2-13)33-15-5-6-17-16(11-15)20(21(30)31)18(12-19(28)29)27(17)26-7-9-32-10-8-26/h1-6,11H,7-10,12H2,(H,28,29)(H,30,31). The Morgan fingerprint density at radius 3 is 2.21 bits per heavy atom. The van der Waals surface area contributed by atoms with Gasteiger partial charge in [0, 0.05) is 5.39 Å². The topological polar surface area (TPSA) is 101 Å². The number of benzene rings is 2. The first-order valence-corrected chi connectivity index (χ1v) is 9.95. The van der Waals surface area contributed by atoms with Crippen LogP contribution in [0, 0.1) is 0 Å². The summed E-state index contributed by atoms with van der Waals surface area (Å²) >= 11 is 0. The number of morpholine rings is 1. The molecule has 0 aliphatic carbocycles. The van der Waals surface area contributed by atoms with Crippen molar-refractivity contribution in [1.29, 1.82) is 0 Å². The molecule has 0 amide bonds. The van der Waals surface area contributed by atoms with E-state index in [0.29, 0.717) is 31.8 Å². The zero-order valence-corrected chi connectivity index (χ0v) is 17.1. The summed E-state index contributed by atoms with van der Waals surface area (Å²) in [5.41, 5.74) is -0.403. The van der Waals surface area contributed by atoms with Crippen LogP contribution in [0.5, 0.6) is 11.5 Å². The number of halogens is 3. The van der Waals surface area contributed by atoms with Gasteiger partial charge >= 0.3 is 18.1 Å². The summed E-state index contributed by atoms with van der Waals surface area (Å²) in [6.07, 6.45) is -4.99.